The number of carbonyl (C=O) groups excluding carboxylic acids is 2. The lowest BCUT2D eigenvalue weighted by atomic mass is 9.80. The van der Waals surface area contributed by atoms with Crippen LogP contribution in [0.5, 0.6) is 11.5 Å². The van der Waals surface area contributed by atoms with Crippen LogP contribution in [0, 0.1) is 0 Å². The fourth-order valence-electron chi connectivity index (χ4n) is 11.7. The predicted octanol–water partition coefficient (Wildman–Crippen LogP) is 11.8. The predicted molar refractivity (Wildman–Crippen MR) is 362 cm³/mol. The van der Waals surface area contributed by atoms with Crippen molar-refractivity contribution in [1.82, 2.24) is 28.7 Å². The molecule has 3 aromatic heterocycles. The van der Waals surface area contributed by atoms with E-state index in [4.69, 9.17) is 65.5 Å². The van der Waals surface area contributed by atoms with Gasteiger partial charge in [0, 0.05) is 35.4 Å². The molecule has 2 unspecified atom stereocenters. The van der Waals surface area contributed by atoms with Gasteiger partial charge in [-0.2, -0.15) is 4.57 Å². The lowest BCUT2D eigenvalue weighted by molar-refractivity contribution is -0.256. The fraction of sp³-hybridized carbons (Fsp3) is 0.329. The molecule has 3 saturated heterocycles. The van der Waals surface area contributed by atoms with Gasteiger partial charge in [0.2, 0.25) is 0 Å². The van der Waals surface area contributed by atoms with E-state index in [2.05, 4.69) is 15.3 Å². The minimum Gasteiger partial charge on any atom is -0.497 e. The second-order valence-electron chi connectivity index (χ2n) is 25.0. The summed E-state index contributed by atoms with van der Waals surface area (Å²) in [7, 11) is -0.463. The van der Waals surface area contributed by atoms with Crippen LogP contribution in [0.25, 0.3) is 11.2 Å². The number of hydrogen-bond donors (Lipinski definition) is 1. The SMILES string of the molecule is COc1ccc(C(OC[C@H]2O[C@@H](n3cnc4c(NC(=O)c5ccccc5)ncnc43)[C@H](OP(=O)(OC(C)(C)C)OC(C)(C)C)[C@@H]2OP(=O)(OC[C@H]2O[C@@H](n3ccc(=O)n(C(=O)c4ccccc4)c3=O)[C@@H]3OC(OC)O[C@@H]32)Sc2ccccc2)(c2ccccc2)c2ccc(OC)cc2)cc1. The maximum atomic E-state index is 16.8. The van der Waals surface area contributed by atoms with Crippen LogP contribution in [0.2, 0.25) is 0 Å². The van der Waals surface area contributed by atoms with Crippen molar-refractivity contribution < 1.29 is 79.2 Å². The maximum absolute atomic E-state index is 16.8. The molecule has 3 aliphatic heterocycles. The van der Waals surface area contributed by atoms with Crippen molar-refractivity contribution in [3.8, 4) is 11.5 Å². The Morgan fingerprint density at radius 3 is 1.73 bits per heavy atom. The highest BCUT2D eigenvalue weighted by atomic mass is 32.7. The summed E-state index contributed by atoms with van der Waals surface area (Å²) in [5, 5.41) is 2.85. The summed E-state index contributed by atoms with van der Waals surface area (Å²) in [6.45, 7) is 2.69. The van der Waals surface area contributed by atoms with Gasteiger partial charge in [0.1, 0.15) is 60.1 Å². The number of nitrogens with one attached hydrogen (secondary N) is 1. The molecule has 0 bridgehead atoms. The molecule has 0 spiro atoms. The van der Waals surface area contributed by atoms with Gasteiger partial charge in [-0.05, 0) is 130 Å². The summed E-state index contributed by atoms with van der Waals surface area (Å²) in [5.41, 5.74) is -3.41. The number of nitrogens with zero attached hydrogens (tertiary/aromatic N) is 6. The lowest BCUT2D eigenvalue weighted by Gasteiger charge is -2.37. The Morgan fingerprint density at radius 1 is 0.586 bits per heavy atom. The molecule has 1 N–H and O–H groups in total. The third kappa shape index (κ3) is 15.5. The summed E-state index contributed by atoms with van der Waals surface area (Å²) in [4.78, 5) is 69.7. The average Bonchev–Trinajstić information content (AvgIpc) is 1.74. The molecule has 3 aliphatic rings. The van der Waals surface area contributed by atoms with E-state index in [1.165, 1.54) is 42.7 Å². The minimum absolute atomic E-state index is 0.0246. The second kappa shape index (κ2) is 29.5. The zero-order chi connectivity index (χ0) is 69.9. The Hall–Kier alpha value is -8.34. The molecule has 0 saturated carbocycles. The van der Waals surface area contributed by atoms with Crippen LogP contribution < -0.4 is 26.0 Å². The van der Waals surface area contributed by atoms with Crippen molar-refractivity contribution in [3.63, 3.8) is 0 Å². The highest BCUT2D eigenvalue weighted by Gasteiger charge is 2.58. The van der Waals surface area contributed by atoms with E-state index >= 15 is 9.13 Å². The number of fused-ring (bicyclic) bond motifs is 2. The van der Waals surface area contributed by atoms with Crippen LogP contribution in [0.15, 0.2) is 209 Å². The Kier molecular flexibility index (Phi) is 21.0. The van der Waals surface area contributed by atoms with Gasteiger partial charge in [0.25, 0.3) is 23.8 Å². The van der Waals surface area contributed by atoms with Gasteiger partial charge in [-0.3, -0.25) is 46.1 Å². The number of aromatic nitrogens is 6. The molecule has 99 heavy (non-hydrogen) atoms. The second-order valence-corrected chi connectivity index (χ2v) is 30.4. The smallest absolute Gasteiger partial charge is 0.476 e. The number of phosphoric acid groups is 1. The molecule has 6 aromatic carbocycles. The first-order valence-corrected chi connectivity index (χ1v) is 35.9. The molecule has 10 atom stereocenters. The van der Waals surface area contributed by atoms with Crippen molar-refractivity contribution in [2.24, 2.45) is 0 Å². The topological polar surface area (TPSA) is 288 Å². The number of benzene rings is 6. The third-order valence-corrected chi connectivity index (χ3v) is 21.6. The number of methoxy groups -OCH3 is 3. The van der Waals surface area contributed by atoms with Crippen molar-refractivity contribution in [3.05, 3.63) is 243 Å². The highest BCUT2D eigenvalue weighted by Crippen LogP contribution is 2.67. The van der Waals surface area contributed by atoms with E-state index in [1.807, 2.05) is 54.6 Å². The molecule has 6 heterocycles. The molecule has 0 aliphatic carbocycles. The van der Waals surface area contributed by atoms with Crippen molar-refractivity contribution >= 4 is 54.8 Å². The molecular formula is C70H73N7O19P2S. The molecule has 1 amide bonds. The normalized spacial score (nSPS) is 21.6. The number of amides is 1. The van der Waals surface area contributed by atoms with Crippen molar-refractivity contribution in [2.75, 3.05) is 39.9 Å². The number of rotatable bonds is 25. The molecule has 29 heteroatoms. The van der Waals surface area contributed by atoms with E-state index in [0.717, 1.165) is 10.6 Å². The summed E-state index contributed by atoms with van der Waals surface area (Å²) in [5.74, 6) is -0.239. The van der Waals surface area contributed by atoms with E-state index in [9.17, 15) is 19.2 Å². The number of anilines is 1. The zero-order valence-electron chi connectivity index (χ0n) is 55.3. The van der Waals surface area contributed by atoms with Gasteiger partial charge in [0.05, 0.1) is 45.0 Å². The van der Waals surface area contributed by atoms with Crippen LogP contribution in [0.4, 0.5) is 5.82 Å². The fourth-order valence-corrected chi connectivity index (χ4v) is 17.2. The lowest BCUT2D eigenvalue weighted by Crippen LogP contribution is -2.45. The number of ether oxygens (including phenoxy) is 8. The third-order valence-electron chi connectivity index (χ3n) is 16.0. The Bertz CT molecular complexity index is 4460. The van der Waals surface area contributed by atoms with E-state index in [1.54, 1.807) is 159 Å². The van der Waals surface area contributed by atoms with Crippen LogP contribution in [0.1, 0.15) is 91.4 Å². The van der Waals surface area contributed by atoms with Gasteiger partial charge in [-0.1, -0.05) is 109 Å². The number of imidazole rings is 1. The largest absolute Gasteiger partial charge is 0.497 e. The van der Waals surface area contributed by atoms with Crippen LogP contribution in [-0.2, 0) is 65.8 Å². The van der Waals surface area contributed by atoms with E-state index in [-0.39, 0.29) is 22.5 Å². The Morgan fingerprint density at radius 2 is 1.14 bits per heavy atom. The van der Waals surface area contributed by atoms with Gasteiger partial charge < -0.3 is 43.2 Å². The maximum Gasteiger partial charge on any atom is 0.476 e. The summed E-state index contributed by atoms with van der Waals surface area (Å²) in [6, 6.07) is 50.1. The van der Waals surface area contributed by atoms with Gasteiger partial charge in [-0.25, -0.2) is 28.9 Å². The quantitative estimate of drug-likeness (QED) is 0.0411. The minimum atomic E-state index is -4.92. The van der Waals surface area contributed by atoms with Crippen LogP contribution >= 0.6 is 26.0 Å². The average molecular weight is 1410 g/mol. The molecule has 0 radical (unpaired) electrons. The first-order valence-electron chi connectivity index (χ1n) is 31.5. The number of hydrogen-bond acceptors (Lipinski definition) is 23. The molecule has 3 fully saturated rings. The standard InChI is InChI=1S/C70H73N7O19P2S/c1-68(2,3)95-97(82,96-69(4,5)6)93-59-57(94-98(83,99-51-28-20-13-21-29-51)88-41-53-56-58(92-67(86-9)91-56)64(90-53)75-39-38-54(78)77(66(75)81)63(80)45-24-16-11-17-25-45)52(89-65(59)76-43-73-55-60(71-42-72-61(55)76)74-62(79)44-22-14-10-15-23-44)40-87-70(46-26-18-12-19-27-46,47-30-34-49(84-7)35-31-47)48-32-36-50(85-8)37-33-48/h10-39,42-43,52-53,56-59,64-65,67H,40-41H2,1-9H3,(H,71,72,74,79)/t52-,53-,56-,57-,58-,59-,64-,65-,67?,98?/m1/s1. The first-order chi connectivity index (χ1) is 47.5. The summed E-state index contributed by atoms with van der Waals surface area (Å²) in [6.07, 6.45) is -7.65. The number of carbonyl (C=O) groups is 2. The number of phosphoric ester groups is 1. The zero-order valence-corrected chi connectivity index (χ0v) is 57.9. The summed E-state index contributed by atoms with van der Waals surface area (Å²) >= 11 is 0.707. The van der Waals surface area contributed by atoms with Crippen LogP contribution in [-0.4, -0.2) is 129 Å². The Labute approximate surface area is 573 Å². The van der Waals surface area contributed by atoms with Crippen molar-refractivity contribution in [2.45, 2.75) is 119 Å². The van der Waals surface area contributed by atoms with E-state index < -0.39 is 123 Å². The molecule has 12 rings (SSSR count). The van der Waals surface area contributed by atoms with Crippen LogP contribution in [0.3, 0.4) is 0 Å². The molecular weight excluding hydrogens is 1340 g/mol. The van der Waals surface area contributed by atoms with Crippen molar-refractivity contribution in [1.29, 1.82) is 0 Å². The molecule has 9 aromatic rings. The molecule has 518 valence electrons. The highest BCUT2D eigenvalue weighted by molar-refractivity contribution is 8.55. The van der Waals surface area contributed by atoms with Gasteiger partial charge >= 0.3 is 20.3 Å². The Balaban J connectivity index is 1.00. The van der Waals surface area contributed by atoms with Gasteiger partial charge in [0.15, 0.2) is 29.4 Å². The van der Waals surface area contributed by atoms with Gasteiger partial charge in [-0.15, -0.1) is 0 Å². The molecule has 26 nitrogen and oxygen atoms in total. The summed E-state index contributed by atoms with van der Waals surface area (Å²) < 4.78 is 120. The van der Waals surface area contributed by atoms with E-state index in [0.29, 0.717) is 54.6 Å². The first kappa shape index (κ1) is 70.5. The monoisotopic (exact) mass is 1410 g/mol.